The van der Waals surface area contributed by atoms with Crippen LogP contribution in [0, 0.1) is 11.8 Å². The van der Waals surface area contributed by atoms with E-state index in [1.807, 2.05) is 43.9 Å². The molecule has 3 rings (SSSR count). The molecule has 164 valence electrons. The summed E-state index contributed by atoms with van der Waals surface area (Å²) >= 11 is 0. The van der Waals surface area contributed by atoms with Crippen LogP contribution in [0.25, 0.3) is 0 Å². The van der Waals surface area contributed by atoms with Gasteiger partial charge in [0.15, 0.2) is 0 Å². The Morgan fingerprint density at radius 3 is 2.60 bits per heavy atom. The molecule has 6 nitrogen and oxygen atoms in total. The van der Waals surface area contributed by atoms with Gasteiger partial charge in [0.1, 0.15) is 6.04 Å². The fourth-order valence-corrected chi connectivity index (χ4v) is 4.47. The zero-order chi connectivity index (χ0) is 21.7. The Balaban J connectivity index is 1.77. The van der Waals surface area contributed by atoms with Crippen molar-refractivity contribution in [2.75, 3.05) is 19.6 Å². The fraction of sp³-hybridized carbons (Fsp3) is 0.625. The Morgan fingerprint density at radius 2 is 1.90 bits per heavy atom. The van der Waals surface area contributed by atoms with Crippen molar-refractivity contribution in [2.24, 2.45) is 11.8 Å². The number of amides is 3. The third-order valence-electron chi connectivity index (χ3n) is 6.09. The van der Waals surface area contributed by atoms with Crippen LogP contribution in [0.15, 0.2) is 24.3 Å². The third-order valence-corrected chi connectivity index (χ3v) is 6.09. The minimum absolute atomic E-state index is 0.0189. The summed E-state index contributed by atoms with van der Waals surface area (Å²) in [7, 11) is 0. The van der Waals surface area contributed by atoms with Crippen LogP contribution in [-0.2, 0) is 27.3 Å². The van der Waals surface area contributed by atoms with E-state index in [2.05, 4.69) is 11.4 Å². The van der Waals surface area contributed by atoms with Crippen LogP contribution in [0.1, 0.15) is 57.6 Å². The number of hydrogen-bond acceptors (Lipinski definition) is 3. The van der Waals surface area contributed by atoms with E-state index in [-0.39, 0.29) is 29.6 Å². The number of rotatable bonds is 6. The van der Waals surface area contributed by atoms with Crippen molar-refractivity contribution in [3.05, 3.63) is 35.4 Å². The molecule has 2 aliphatic rings. The molecular weight excluding hydrogens is 378 g/mol. The van der Waals surface area contributed by atoms with Gasteiger partial charge in [0, 0.05) is 39.0 Å². The minimum atomic E-state index is -0.483. The second-order valence-electron chi connectivity index (χ2n) is 9.02. The molecule has 2 atom stereocenters. The van der Waals surface area contributed by atoms with Crippen molar-refractivity contribution in [1.82, 2.24) is 15.1 Å². The number of nitrogens with one attached hydrogen (secondary N) is 1. The Kier molecular flexibility index (Phi) is 7.51. The summed E-state index contributed by atoms with van der Waals surface area (Å²) in [6.45, 7) is 8.32. The number of carbonyl (C=O) groups excluding carboxylic acids is 3. The van der Waals surface area contributed by atoms with E-state index in [4.69, 9.17) is 0 Å². The number of hydrogen-bond donors (Lipinski definition) is 1. The van der Waals surface area contributed by atoms with Crippen LogP contribution in [0.5, 0.6) is 0 Å². The van der Waals surface area contributed by atoms with Crippen molar-refractivity contribution in [1.29, 1.82) is 0 Å². The van der Waals surface area contributed by atoms with E-state index >= 15 is 0 Å². The number of carbonyl (C=O) groups is 3. The van der Waals surface area contributed by atoms with Crippen LogP contribution >= 0.6 is 0 Å². The third kappa shape index (κ3) is 5.21. The molecule has 0 radical (unpaired) electrons. The number of likely N-dealkylation sites (tertiary alicyclic amines) is 1. The van der Waals surface area contributed by atoms with Gasteiger partial charge in [0.2, 0.25) is 17.7 Å². The van der Waals surface area contributed by atoms with E-state index in [0.29, 0.717) is 39.0 Å². The minimum Gasteiger partial charge on any atom is -0.356 e. The molecule has 6 heteroatoms. The van der Waals surface area contributed by atoms with Gasteiger partial charge in [-0.15, -0.1) is 0 Å². The lowest BCUT2D eigenvalue weighted by molar-refractivity contribution is -0.149. The van der Waals surface area contributed by atoms with Crippen molar-refractivity contribution >= 4 is 17.7 Å². The second-order valence-corrected chi connectivity index (χ2v) is 9.02. The van der Waals surface area contributed by atoms with Gasteiger partial charge < -0.3 is 15.1 Å². The van der Waals surface area contributed by atoms with Crippen LogP contribution in [0.4, 0.5) is 0 Å². The maximum Gasteiger partial charge on any atom is 0.245 e. The monoisotopic (exact) mass is 413 g/mol. The molecule has 1 N–H and O–H groups in total. The van der Waals surface area contributed by atoms with E-state index in [9.17, 15) is 14.4 Å². The lowest BCUT2D eigenvalue weighted by Crippen LogP contribution is -2.56. The number of piperidine rings is 1. The van der Waals surface area contributed by atoms with E-state index in [0.717, 1.165) is 30.4 Å². The second kappa shape index (κ2) is 10.1. The summed E-state index contributed by atoms with van der Waals surface area (Å²) < 4.78 is 0. The topological polar surface area (TPSA) is 69.7 Å². The van der Waals surface area contributed by atoms with E-state index in [1.165, 1.54) is 0 Å². The van der Waals surface area contributed by atoms with Crippen molar-refractivity contribution < 1.29 is 14.4 Å². The molecule has 0 aliphatic carbocycles. The summed E-state index contributed by atoms with van der Waals surface area (Å²) in [5.74, 6) is 0.134. The molecule has 0 aromatic heterocycles. The quantitative estimate of drug-likeness (QED) is 0.780. The van der Waals surface area contributed by atoms with Crippen LogP contribution < -0.4 is 5.32 Å². The Hall–Kier alpha value is -2.37. The van der Waals surface area contributed by atoms with Gasteiger partial charge in [-0.05, 0) is 36.3 Å². The standard InChI is InChI=1S/C24H35N3O3/c1-4-11-25-23(29)20-10-7-12-26(15-20)24(30)21-14-18-8-5-6-9-19(18)16-27(21)22(28)13-17(2)3/h5-6,8-9,17,20-21H,4,7,10-16H2,1-3H3,(H,25,29). The highest BCUT2D eigenvalue weighted by Crippen LogP contribution is 2.27. The molecule has 3 amide bonds. The first kappa shape index (κ1) is 22.3. The predicted octanol–water partition coefficient (Wildman–Crippen LogP) is 2.75. The molecule has 0 saturated carbocycles. The summed E-state index contributed by atoms with van der Waals surface area (Å²) in [6, 6.07) is 7.58. The molecular formula is C24H35N3O3. The summed E-state index contributed by atoms with van der Waals surface area (Å²) in [5.41, 5.74) is 2.26. The van der Waals surface area contributed by atoms with Crippen molar-refractivity contribution in [3.63, 3.8) is 0 Å². The van der Waals surface area contributed by atoms with Gasteiger partial charge in [-0.1, -0.05) is 45.0 Å². The normalized spacial score (nSPS) is 21.3. The molecule has 1 aromatic rings. The highest BCUT2D eigenvalue weighted by molar-refractivity contribution is 5.89. The highest BCUT2D eigenvalue weighted by atomic mass is 16.2. The number of fused-ring (bicyclic) bond motifs is 1. The number of benzene rings is 1. The first-order chi connectivity index (χ1) is 14.4. The molecule has 1 fully saturated rings. The van der Waals surface area contributed by atoms with Gasteiger partial charge in [0.25, 0.3) is 0 Å². The number of nitrogens with zero attached hydrogens (tertiary/aromatic N) is 2. The Morgan fingerprint density at radius 1 is 1.17 bits per heavy atom. The molecule has 30 heavy (non-hydrogen) atoms. The van der Waals surface area contributed by atoms with Gasteiger partial charge in [-0.25, -0.2) is 0 Å². The molecule has 2 aliphatic heterocycles. The average molecular weight is 414 g/mol. The summed E-state index contributed by atoms with van der Waals surface area (Å²) in [6.07, 6.45) is 3.51. The smallest absolute Gasteiger partial charge is 0.245 e. The van der Waals surface area contributed by atoms with Crippen LogP contribution in [-0.4, -0.2) is 53.2 Å². The first-order valence-corrected chi connectivity index (χ1v) is 11.3. The van der Waals surface area contributed by atoms with Gasteiger partial charge >= 0.3 is 0 Å². The van der Waals surface area contributed by atoms with E-state index < -0.39 is 6.04 Å². The highest BCUT2D eigenvalue weighted by Gasteiger charge is 2.38. The SMILES string of the molecule is CCCNC(=O)C1CCCN(C(=O)C2Cc3ccccc3CN2C(=O)CC(C)C)C1. The maximum atomic E-state index is 13.5. The van der Waals surface area contributed by atoms with Gasteiger partial charge in [0.05, 0.1) is 5.92 Å². The predicted molar refractivity (Wildman–Crippen MR) is 117 cm³/mol. The summed E-state index contributed by atoms with van der Waals surface area (Å²) in [4.78, 5) is 42.6. The molecule has 0 spiro atoms. The van der Waals surface area contributed by atoms with Crippen molar-refractivity contribution in [3.8, 4) is 0 Å². The average Bonchev–Trinajstić information content (AvgIpc) is 2.75. The maximum absolute atomic E-state index is 13.5. The zero-order valence-electron chi connectivity index (χ0n) is 18.5. The molecule has 2 unspecified atom stereocenters. The lowest BCUT2D eigenvalue weighted by atomic mass is 9.91. The fourth-order valence-electron chi connectivity index (χ4n) is 4.47. The Labute approximate surface area is 180 Å². The van der Waals surface area contributed by atoms with Crippen LogP contribution in [0.2, 0.25) is 0 Å². The lowest BCUT2D eigenvalue weighted by Gasteiger charge is -2.41. The van der Waals surface area contributed by atoms with Gasteiger partial charge in [-0.3, -0.25) is 14.4 Å². The van der Waals surface area contributed by atoms with E-state index in [1.54, 1.807) is 4.90 Å². The van der Waals surface area contributed by atoms with Crippen molar-refractivity contribution in [2.45, 2.75) is 65.5 Å². The van der Waals surface area contributed by atoms with Crippen LogP contribution in [0.3, 0.4) is 0 Å². The zero-order valence-corrected chi connectivity index (χ0v) is 18.5. The molecule has 2 heterocycles. The van der Waals surface area contributed by atoms with Gasteiger partial charge in [-0.2, -0.15) is 0 Å². The molecule has 0 bridgehead atoms. The summed E-state index contributed by atoms with van der Waals surface area (Å²) in [5, 5.41) is 2.96. The largest absolute Gasteiger partial charge is 0.356 e. The first-order valence-electron chi connectivity index (χ1n) is 11.3. The Bertz CT molecular complexity index is 777. The molecule has 1 saturated heterocycles. The molecule has 1 aromatic carbocycles.